The zero-order valence-electron chi connectivity index (χ0n) is 13.5. The molecule has 128 valence electrons. The van der Waals surface area contributed by atoms with E-state index in [2.05, 4.69) is 4.98 Å². The number of rotatable bonds is 4. The molecule has 0 atom stereocenters. The first-order valence-electron chi connectivity index (χ1n) is 7.60. The van der Waals surface area contributed by atoms with E-state index in [-0.39, 0.29) is 18.5 Å². The summed E-state index contributed by atoms with van der Waals surface area (Å²) in [6.07, 6.45) is 1.39. The van der Waals surface area contributed by atoms with Gasteiger partial charge in [-0.15, -0.1) is 11.3 Å². The number of primary amides is 1. The summed E-state index contributed by atoms with van der Waals surface area (Å²) in [7, 11) is 0. The maximum absolute atomic E-state index is 12.7. The van der Waals surface area contributed by atoms with Crippen molar-refractivity contribution in [2.75, 3.05) is 0 Å². The van der Waals surface area contributed by atoms with Gasteiger partial charge in [0, 0.05) is 17.8 Å². The number of carbonyl (C=O) groups excluding carboxylic acids is 2. The summed E-state index contributed by atoms with van der Waals surface area (Å²) in [6, 6.07) is 8.90. The minimum absolute atomic E-state index is 0.0369. The van der Waals surface area contributed by atoms with Gasteiger partial charge in [0.1, 0.15) is 4.83 Å². The molecular formula is C17H16N4O3S. The first-order valence-corrected chi connectivity index (χ1v) is 8.42. The number of imide groups is 1. The van der Waals surface area contributed by atoms with E-state index in [4.69, 9.17) is 5.73 Å². The highest BCUT2D eigenvalue weighted by atomic mass is 32.1. The van der Waals surface area contributed by atoms with Crippen molar-refractivity contribution >= 4 is 33.5 Å². The SMILES string of the molecule is Cc1c(-c2ccccc2)sc2ncn(CCC(=O)NC(N)=O)c(=O)c12. The van der Waals surface area contributed by atoms with E-state index >= 15 is 0 Å². The van der Waals surface area contributed by atoms with Crippen LogP contribution in [0.15, 0.2) is 41.5 Å². The first-order chi connectivity index (χ1) is 12.0. The maximum Gasteiger partial charge on any atom is 0.318 e. The summed E-state index contributed by atoms with van der Waals surface area (Å²) in [4.78, 5) is 40.9. The molecule has 2 heterocycles. The predicted molar refractivity (Wildman–Crippen MR) is 96.4 cm³/mol. The van der Waals surface area contributed by atoms with Crippen LogP contribution in [0.4, 0.5) is 4.79 Å². The number of fused-ring (bicyclic) bond motifs is 1. The van der Waals surface area contributed by atoms with E-state index in [1.807, 2.05) is 42.6 Å². The Balaban J connectivity index is 1.95. The van der Waals surface area contributed by atoms with Crippen LogP contribution in [0.25, 0.3) is 20.7 Å². The minimum Gasteiger partial charge on any atom is -0.351 e. The van der Waals surface area contributed by atoms with Crippen molar-refractivity contribution in [2.45, 2.75) is 19.9 Å². The molecule has 8 heteroatoms. The second-order valence-corrected chi connectivity index (χ2v) is 6.51. The van der Waals surface area contributed by atoms with Crippen LogP contribution in [0.5, 0.6) is 0 Å². The fourth-order valence-corrected chi connectivity index (χ4v) is 3.75. The molecule has 3 aromatic rings. The van der Waals surface area contributed by atoms with Crippen molar-refractivity contribution in [1.29, 1.82) is 0 Å². The monoisotopic (exact) mass is 356 g/mol. The van der Waals surface area contributed by atoms with Crippen LogP contribution in [-0.2, 0) is 11.3 Å². The zero-order valence-corrected chi connectivity index (χ0v) is 14.3. The third-order valence-electron chi connectivity index (χ3n) is 3.80. The Morgan fingerprint density at radius 3 is 2.68 bits per heavy atom. The molecule has 0 radical (unpaired) electrons. The molecule has 0 fully saturated rings. The largest absolute Gasteiger partial charge is 0.351 e. The highest BCUT2D eigenvalue weighted by Crippen LogP contribution is 2.35. The summed E-state index contributed by atoms with van der Waals surface area (Å²) >= 11 is 1.47. The summed E-state index contributed by atoms with van der Waals surface area (Å²) < 4.78 is 1.37. The van der Waals surface area contributed by atoms with Gasteiger partial charge in [0.25, 0.3) is 5.56 Å². The number of urea groups is 1. The van der Waals surface area contributed by atoms with Crippen molar-refractivity contribution in [3.8, 4) is 10.4 Å². The topological polar surface area (TPSA) is 107 Å². The highest BCUT2D eigenvalue weighted by Gasteiger charge is 2.16. The Morgan fingerprint density at radius 1 is 1.28 bits per heavy atom. The van der Waals surface area contributed by atoms with Gasteiger partial charge >= 0.3 is 6.03 Å². The van der Waals surface area contributed by atoms with Crippen LogP contribution in [-0.4, -0.2) is 21.5 Å². The molecule has 0 bridgehead atoms. The summed E-state index contributed by atoms with van der Waals surface area (Å²) in [6.45, 7) is 2.02. The Labute approximate surface area is 147 Å². The fourth-order valence-electron chi connectivity index (χ4n) is 2.61. The standard InChI is InChI=1S/C17H16N4O3S/c1-10-13-15(25-14(10)11-5-3-2-4-6-11)19-9-21(16(13)23)8-7-12(22)20-17(18)24/h2-6,9H,7-8H2,1H3,(H3,18,20,22,24). The molecule has 0 spiro atoms. The van der Waals surface area contributed by atoms with Gasteiger partial charge in [0.05, 0.1) is 11.7 Å². The van der Waals surface area contributed by atoms with E-state index in [9.17, 15) is 14.4 Å². The van der Waals surface area contributed by atoms with Crippen molar-refractivity contribution in [1.82, 2.24) is 14.9 Å². The van der Waals surface area contributed by atoms with Gasteiger partial charge in [-0.1, -0.05) is 30.3 Å². The molecule has 0 saturated heterocycles. The van der Waals surface area contributed by atoms with Crippen LogP contribution < -0.4 is 16.6 Å². The number of benzene rings is 1. The number of carbonyl (C=O) groups is 2. The van der Waals surface area contributed by atoms with Crippen LogP contribution in [0, 0.1) is 6.92 Å². The number of nitrogens with zero attached hydrogens (tertiary/aromatic N) is 2. The number of amides is 3. The van der Waals surface area contributed by atoms with Crippen molar-refractivity contribution in [3.05, 3.63) is 52.6 Å². The molecule has 0 aliphatic rings. The molecule has 0 unspecified atom stereocenters. The van der Waals surface area contributed by atoms with Gasteiger partial charge in [0.2, 0.25) is 5.91 Å². The Kier molecular flexibility index (Phi) is 4.62. The van der Waals surface area contributed by atoms with Crippen molar-refractivity contribution in [3.63, 3.8) is 0 Å². The smallest absolute Gasteiger partial charge is 0.318 e. The summed E-state index contributed by atoms with van der Waals surface area (Å²) in [5, 5.41) is 2.53. The second kappa shape index (κ2) is 6.86. The number of nitrogens with one attached hydrogen (secondary N) is 1. The second-order valence-electron chi connectivity index (χ2n) is 5.51. The van der Waals surface area contributed by atoms with Crippen LogP contribution >= 0.6 is 11.3 Å². The molecule has 7 nitrogen and oxygen atoms in total. The number of thiophene rings is 1. The van der Waals surface area contributed by atoms with E-state index in [1.165, 1.54) is 22.2 Å². The molecule has 0 aliphatic heterocycles. The molecule has 2 aromatic heterocycles. The lowest BCUT2D eigenvalue weighted by Gasteiger charge is -2.05. The number of hydrogen-bond donors (Lipinski definition) is 2. The van der Waals surface area contributed by atoms with Crippen LogP contribution in [0.2, 0.25) is 0 Å². The van der Waals surface area contributed by atoms with E-state index in [0.717, 1.165) is 16.0 Å². The predicted octanol–water partition coefficient (Wildman–Crippen LogP) is 2.02. The van der Waals surface area contributed by atoms with Gasteiger partial charge < -0.3 is 5.73 Å². The maximum atomic E-state index is 12.7. The normalized spacial score (nSPS) is 10.8. The van der Waals surface area contributed by atoms with E-state index in [1.54, 1.807) is 0 Å². The zero-order chi connectivity index (χ0) is 18.0. The number of aryl methyl sites for hydroxylation is 2. The quantitative estimate of drug-likeness (QED) is 0.745. The lowest BCUT2D eigenvalue weighted by molar-refractivity contribution is -0.120. The average molecular weight is 356 g/mol. The van der Waals surface area contributed by atoms with Crippen LogP contribution in [0.1, 0.15) is 12.0 Å². The van der Waals surface area contributed by atoms with Gasteiger partial charge in [-0.05, 0) is 18.1 Å². The van der Waals surface area contributed by atoms with Crippen LogP contribution in [0.3, 0.4) is 0 Å². The average Bonchev–Trinajstić information content (AvgIpc) is 2.92. The molecule has 0 saturated carbocycles. The Bertz CT molecular complexity index is 1010. The number of hydrogen-bond acceptors (Lipinski definition) is 5. The van der Waals surface area contributed by atoms with Gasteiger partial charge in [0.15, 0.2) is 0 Å². The lowest BCUT2D eigenvalue weighted by atomic mass is 10.1. The number of nitrogens with two attached hydrogens (primary N) is 1. The minimum atomic E-state index is -0.910. The van der Waals surface area contributed by atoms with E-state index < -0.39 is 11.9 Å². The van der Waals surface area contributed by atoms with Gasteiger partial charge in [-0.3, -0.25) is 19.5 Å². The van der Waals surface area contributed by atoms with Crippen molar-refractivity contribution in [2.24, 2.45) is 5.73 Å². The summed E-state index contributed by atoms with van der Waals surface area (Å²) in [5.41, 5.74) is 6.60. The van der Waals surface area contributed by atoms with Gasteiger partial charge in [-0.25, -0.2) is 9.78 Å². The third-order valence-corrected chi connectivity index (χ3v) is 5.04. The number of aromatic nitrogens is 2. The fraction of sp³-hybridized carbons (Fsp3) is 0.176. The van der Waals surface area contributed by atoms with Crippen molar-refractivity contribution < 1.29 is 9.59 Å². The molecule has 25 heavy (non-hydrogen) atoms. The highest BCUT2D eigenvalue weighted by molar-refractivity contribution is 7.22. The molecule has 3 amide bonds. The van der Waals surface area contributed by atoms with E-state index in [0.29, 0.717) is 10.2 Å². The molecule has 1 aromatic carbocycles. The molecule has 3 rings (SSSR count). The lowest BCUT2D eigenvalue weighted by Crippen LogP contribution is -2.36. The van der Waals surface area contributed by atoms with Gasteiger partial charge in [-0.2, -0.15) is 0 Å². The molecule has 0 aliphatic carbocycles. The summed E-state index contributed by atoms with van der Waals surface area (Å²) in [5.74, 6) is -0.536. The Morgan fingerprint density at radius 2 is 2.00 bits per heavy atom. The Hall–Kier alpha value is -3.00. The molecular weight excluding hydrogens is 340 g/mol. The third kappa shape index (κ3) is 3.43. The first kappa shape index (κ1) is 16.8. The molecule has 3 N–H and O–H groups in total.